The van der Waals surface area contributed by atoms with E-state index in [1.165, 1.54) is 6.92 Å². The number of hydrogen-bond donors (Lipinski definition) is 6. The zero-order chi connectivity index (χ0) is 21.3. The van der Waals surface area contributed by atoms with Crippen molar-refractivity contribution in [2.45, 2.75) is 65.3 Å². The van der Waals surface area contributed by atoms with Crippen LogP contribution < -0.4 is 21.7 Å². The zero-order valence-electron chi connectivity index (χ0n) is 16.5. The maximum absolute atomic E-state index is 12.6. The standard InChI is InChI=1S/C17H32N4O6/c1-8(2)6-11(20-16(26)13(18)9(3)4)15(25)21-14(10(5)22)17(27)19-7-12(23)24/h8-11,13-14,22H,6-7,18H2,1-5H3,(H,19,27)(H,20,26)(H,21,25)(H,23,24). The number of hydrogen-bond acceptors (Lipinski definition) is 6. The van der Waals surface area contributed by atoms with E-state index in [1.54, 1.807) is 13.8 Å². The molecular formula is C17H32N4O6. The Morgan fingerprint density at radius 1 is 0.926 bits per heavy atom. The SMILES string of the molecule is CC(C)CC(NC(=O)C(N)C(C)C)C(=O)NC(C(=O)NCC(=O)O)C(C)O. The average molecular weight is 388 g/mol. The van der Waals surface area contributed by atoms with E-state index in [1.807, 2.05) is 13.8 Å². The van der Waals surface area contributed by atoms with Gasteiger partial charge in [0, 0.05) is 0 Å². The minimum atomic E-state index is -1.36. The third kappa shape index (κ3) is 9.34. The highest BCUT2D eigenvalue weighted by Crippen LogP contribution is 2.08. The zero-order valence-corrected chi connectivity index (χ0v) is 16.5. The summed E-state index contributed by atoms with van der Waals surface area (Å²) >= 11 is 0. The lowest BCUT2D eigenvalue weighted by Gasteiger charge is -2.26. The highest BCUT2D eigenvalue weighted by molar-refractivity contribution is 5.94. The van der Waals surface area contributed by atoms with Crippen LogP contribution in [0.15, 0.2) is 0 Å². The molecule has 0 aliphatic heterocycles. The summed E-state index contributed by atoms with van der Waals surface area (Å²) in [6, 6.07) is -3.10. The van der Waals surface area contributed by atoms with Crippen LogP contribution in [0.1, 0.15) is 41.0 Å². The van der Waals surface area contributed by atoms with Crippen LogP contribution >= 0.6 is 0 Å². The van der Waals surface area contributed by atoms with Gasteiger partial charge in [0.25, 0.3) is 0 Å². The molecule has 0 aromatic carbocycles. The van der Waals surface area contributed by atoms with Gasteiger partial charge in [0.15, 0.2) is 0 Å². The highest BCUT2D eigenvalue weighted by atomic mass is 16.4. The smallest absolute Gasteiger partial charge is 0.322 e. The van der Waals surface area contributed by atoms with Gasteiger partial charge in [-0.25, -0.2) is 0 Å². The van der Waals surface area contributed by atoms with E-state index in [0.29, 0.717) is 6.42 Å². The largest absolute Gasteiger partial charge is 0.480 e. The van der Waals surface area contributed by atoms with Crippen molar-refractivity contribution in [2.75, 3.05) is 6.54 Å². The number of aliphatic hydroxyl groups is 1. The Hall–Kier alpha value is -2.20. The Morgan fingerprint density at radius 3 is 1.89 bits per heavy atom. The fourth-order valence-corrected chi connectivity index (χ4v) is 2.21. The molecule has 4 atom stereocenters. The van der Waals surface area contributed by atoms with Crippen molar-refractivity contribution in [1.82, 2.24) is 16.0 Å². The van der Waals surface area contributed by atoms with Crippen LogP contribution in [0.25, 0.3) is 0 Å². The molecule has 0 fully saturated rings. The normalized spacial score (nSPS) is 15.6. The third-order valence-corrected chi connectivity index (χ3v) is 3.84. The Labute approximate surface area is 159 Å². The molecule has 0 rings (SSSR count). The van der Waals surface area contributed by atoms with Crippen molar-refractivity contribution in [3.8, 4) is 0 Å². The second-order valence-electron chi connectivity index (χ2n) is 7.30. The van der Waals surface area contributed by atoms with Gasteiger partial charge in [-0.3, -0.25) is 19.2 Å². The second-order valence-corrected chi connectivity index (χ2v) is 7.30. The van der Waals surface area contributed by atoms with Crippen molar-refractivity contribution in [1.29, 1.82) is 0 Å². The molecule has 0 aliphatic carbocycles. The summed E-state index contributed by atoms with van der Waals surface area (Å²) < 4.78 is 0. The van der Waals surface area contributed by atoms with E-state index in [-0.39, 0.29) is 11.8 Å². The fourth-order valence-electron chi connectivity index (χ4n) is 2.21. The van der Waals surface area contributed by atoms with Gasteiger partial charge in [-0.1, -0.05) is 27.7 Å². The first-order chi connectivity index (χ1) is 12.4. The summed E-state index contributed by atoms with van der Waals surface area (Å²) in [6.07, 6.45) is -0.970. The summed E-state index contributed by atoms with van der Waals surface area (Å²) in [7, 11) is 0. The summed E-state index contributed by atoms with van der Waals surface area (Å²) in [5, 5.41) is 25.4. The van der Waals surface area contributed by atoms with Gasteiger partial charge in [0.05, 0.1) is 12.1 Å². The predicted octanol–water partition coefficient (Wildman–Crippen LogP) is -1.43. The lowest BCUT2D eigenvalue weighted by molar-refractivity contribution is -0.139. The molecule has 3 amide bonds. The first-order valence-corrected chi connectivity index (χ1v) is 8.90. The second kappa shape index (κ2) is 11.5. The van der Waals surface area contributed by atoms with E-state index >= 15 is 0 Å². The predicted molar refractivity (Wildman–Crippen MR) is 98.5 cm³/mol. The molecular weight excluding hydrogens is 356 g/mol. The first kappa shape index (κ1) is 24.8. The number of carbonyl (C=O) groups excluding carboxylic acids is 3. The van der Waals surface area contributed by atoms with Crippen molar-refractivity contribution in [3.63, 3.8) is 0 Å². The van der Waals surface area contributed by atoms with Crippen LogP contribution in [0.2, 0.25) is 0 Å². The van der Waals surface area contributed by atoms with Gasteiger partial charge in [0.2, 0.25) is 17.7 Å². The number of carbonyl (C=O) groups is 4. The minimum absolute atomic E-state index is 0.0576. The van der Waals surface area contributed by atoms with E-state index < -0.39 is 54.5 Å². The van der Waals surface area contributed by atoms with Crippen LogP contribution in [0.4, 0.5) is 0 Å². The molecule has 4 unspecified atom stereocenters. The topological polar surface area (TPSA) is 171 Å². The maximum Gasteiger partial charge on any atom is 0.322 e. The quantitative estimate of drug-likeness (QED) is 0.252. The van der Waals surface area contributed by atoms with E-state index in [2.05, 4.69) is 16.0 Å². The molecule has 7 N–H and O–H groups in total. The number of nitrogens with two attached hydrogens (primary N) is 1. The molecule has 0 aliphatic rings. The van der Waals surface area contributed by atoms with Crippen LogP contribution in [0.5, 0.6) is 0 Å². The molecule has 10 nitrogen and oxygen atoms in total. The first-order valence-electron chi connectivity index (χ1n) is 8.90. The summed E-state index contributed by atoms with van der Waals surface area (Å²) in [4.78, 5) is 47.4. The molecule has 0 saturated heterocycles. The Kier molecular flexibility index (Phi) is 10.6. The summed E-state index contributed by atoms with van der Waals surface area (Å²) in [5.74, 6) is -3.32. The van der Waals surface area contributed by atoms with Gasteiger partial charge in [-0.05, 0) is 25.2 Å². The highest BCUT2D eigenvalue weighted by Gasteiger charge is 2.31. The lowest BCUT2D eigenvalue weighted by Crippen LogP contribution is -2.59. The number of aliphatic hydroxyl groups excluding tert-OH is 1. The molecule has 0 bridgehead atoms. The molecule has 0 radical (unpaired) electrons. The van der Waals surface area contributed by atoms with E-state index in [4.69, 9.17) is 10.8 Å². The lowest BCUT2D eigenvalue weighted by atomic mass is 10.00. The van der Waals surface area contributed by atoms with Gasteiger partial charge in [0.1, 0.15) is 18.6 Å². The molecule has 0 aromatic heterocycles. The molecule has 0 aromatic rings. The Morgan fingerprint density at radius 2 is 1.48 bits per heavy atom. The van der Waals surface area contributed by atoms with Gasteiger partial charge >= 0.3 is 5.97 Å². The van der Waals surface area contributed by atoms with Gasteiger partial charge in [-0.2, -0.15) is 0 Å². The number of amides is 3. The number of aliphatic carboxylic acids is 1. The van der Waals surface area contributed by atoms with Crippen molar-refractivity contribution in [3.05, 3.63) is 0 Å². The van der Waals surface area contributed by atoms with Crippen LogP contribution in [0.3, 0.4) is 0 Å². The number of carboxylic acids is 1. The molecule has 0 spiro atoms. The molecule has 27 heavy (non-hydrogen) atoms. The monoisotopic (exact) mass is 388 g/mol. The molecule has 0 saturated carbocycles. The van der Waals surface area contributed by atoms with Crippen molar-refractivity contribution in [2.24, 2.45) is 17.6 Å². The Balaban J connectivity index is 5.19. The third-order valence-electron chi connectivity index (χ3n) is 3.84. The van der Waals surface area contributed by atoms with Crippen LogP contribution in [-0.2, 0) is 19.2 Å². The summed E-state index contributed by atoms with van der Waals surface area (Å²) in [5.41, 5.74) is 5.80. The van der Waals surface area contributed by atoms with Crippen molar-refractivity contribution < 1.29 is 29.4 Å². The molecule has 10 heteroatoms. The average Bonchev–Trinajstić information content (AvgIpc) is 2.54. The molecule has 0 heterocycles. The van der Waals surface area contributed by atoms with Crippen LogP contribution in [0, 0.1) is 11.8 Å². The van der Waals surface area contributed by atoms with Gasteiger partial charge < -0.3 is 31.9 Å². The van der Waals surface area contributed by atoms with Crippen molar-refractivity contribution >= 4 is 23.7 Å². The maximum atomic E-state index is 12.6. The Bertz CT molecular complexity index is 536. The summed E-state index contributed by atoms with van der Waals surface area (Å²) in [6.45, 7) is 7.92. The van der Waals surface area contributed by atoms with Crippen LogP contribution in [-0.4, -0.2) is 64.7 Å². The fraction of sp³-hybridized carbons (Fsp3) is 0.765. The molecule has 156 valence electrons. The minimum Gasteiger partial charge on any atom is -0.480 e. The van der Waals surface area contributed by atoms with E-state index in [9.17, 15) is 24.3 Å². The number of rotatable bonds is 11. The number of carboxylic acid groups (broad SMARTS) is 1. The van der Waals surface area contributed by atoms with E-state index in [0.717, 1.165) is 0 Å². The van der Waals surface area contributed by atoms with Gasteiger partial charge in [-0.15, -0.1) is 0 Å². The number of nitrogens with one attached hydrogen (secondary N) is 3.